The van der Waals surface area contributed by atoms with Crippen LogP contribution in [0.4, 0.5) is 0 Å². The Hall–Kier alpha value is -4.09. The number of hydrogen-bond acceptors (Lipinski definition) is 4. The Morgan fingerprint density at radius 3 is 2.24 bits per heavy atom. The third-order valence-corrected chi connectivity index (χ3v) is 7.97. The van der Waals surface area contributed by atoms with E-state index in [9.17, 15) is 4.79 Å². The average Bonchev–Trinajstić information content (AvgIpc) is 3.03. The Balaban J connectivity index is 1.29. The molecule has 212 valence electrons. The summed E-state index contributed by atoms with van der Waals surface area (Å²) in [6.07, 6.45) is 4.13. The molecule has 0 fully saturated rings. The van der Waals surface area contributed by atoms with Crippen molar-refractivity contribution < 1.29 is 19.1 Å². The van der Waals surface area contributed by atoms with Gasteiger partial charge in [0.15, 0.2) is 0 Å². The van der Waals surface area contributed by atoms with Crippen molar-refractivity contribution >= 4 is 5.91 Å². The Bertz CT molecular complexity index is 1390. The maximum atomic E-state index is 11.9. The van der Waals surface area contributed by atoms with Crippen molar-refractivity contribution in [3.8, 4) is 11.5 Å². The predicted octanol–water partition coefficient (Wildman–Crippen LogP) is 7.70. The van der Waals surface area contributed by atoms with Crippen LogP contribution in [-0.2, 0) is 22.7 Å². The fraction of sp³-hybridized carbons (Fsp3) is 0.306. The van der Waals surface area contributed by atoms with Gasteiger partial charge in [0.1, 0.15) is 18.1 Å². The van der Waals surface area contributed by atoms with Gasteiger partial charge in [-0.2, -0.15) is 0 Å². The molecule has 4 aromatic rings. The highest BCUT2D eigenvalue weighted by Gasteiger charge is 2.32. The van der Waals surface area contributed by atoms with E-state index in [1.165, 1.54) is 40.0 Å². The lowest BCUT2D eigenvalue weighted by molar-refractivity contribution is -0.168. The number of benzene rings is 4. The highest BCUT2D eigenvalue weighted by Crippen LogP contribution is 2.47. The lowest BCUT2D eigenvalue weighted by Gasteiger charge is -2.35. The van der Waals surface area contributed by atoms with Gasteiger partial charge in [0.05, 0.1) is 13.7 Å². The van der Waals surface area contributed by atoms with Gasteiger partial charge in [-0.05, 0) is 83.7 Å². The van der Waals surface area contributed by atoms with E-state index in [4.69, 9.17) is 14.3 Å². The predicted molar refractivity (Wildman–Crippen MR) is 162 cm³/mol. The number of nitrogens with zero attached hydrogens (tertiary/aromatic N) is 1. The van der Waals surface area contributed by atoms with E-state index in [1.54, 1.807) is 7.05 Å². The summed E-state index contributed by atoms with van der Waals surface area (Å²) in [4.78, 5) is 16.8. The zero-order valence-corrected chi connectivity index (χ0v) is 24.0. The van der Waals surface area contributed by atoms with Crippen molar-refractivity contribution in [2.24, 2.45) is 0 Å². The van der Waals surface area contributed by atoms with Crippen LogP contribution < -0.4 is 9.47 Å². The normalized spacial score (nSPS) is 16.0. The molecule has 0 aliphatic heterocycles. The Morgan fingerprint density at radius 2 is 1.51 bits per heavy atom. The summed E-state index contributed by atoms with van der Waals surface area (Å²) < 4.78 is 12.2. The number of hydroxylamine groups is 2. The molecule has 41 heavy (non-hydrogen) atoms. The van der Waals surface area contributed by atoms with Crippen molar-refractivity contribution in [3.63, 3.8) is 0 Å². The summed E-state index contributed by atoms with van der Waals surface area (Å²) in [7, 11) is 3.13. The first-order valence-electron chi connectivity index (χ1n) is 14.5. The van der Waals surface area contributed by atoms with Gasteiger partial charge < -0.3 is 9.47 Å². The maximum Gasteiger partial charge on any atom is 0.245 e. The smallest absolute Gasteiger partial charge is 0.245 e. The largest absolute Gasteiger partial charge is 0.494 e. The topological polar surface area (TPSA) is 48.0 Å². The molecule has 2 atom stereocenters. The number of amides is 1. The first-order chi connectivity index (χ1) is 20.1. The molecule has 1 aliphatic rings. The van der Waals surface area contributed by atoms with Crippen LogP contribution in [0.3, 0.4) is 0 Å². The standard InChI is InChI=1S/C36H39NO4/c1-37(39-2)35(38)15-9-10-24-40-31-19-16-29(17-20-31)36-33(28-13-7-4-8-14-28)22-18-30-25-32(21-23-34(30)36)41-26-27-11-5-3-6-12-27/h3-8,11-14,16-17,19-21,23,25,33,36H,9-10,15,18,22,24,26H2,1-2H3/t33-,36+/m1/s1. The van der Waals surface area contributed by atoms with Crippen LogP contribution in [0.1, 0.15) is 65.3 Å². The fourth-order valence-electron chi connectivity index (χ4n) is 5.70. The van der Waals surface area contributed by atoms with E-state index < -0.39 is 0 Å². The molecule has 5 nitrogen and oxygen atoms in total. The minimum atomic E-state index is -0.0209. The van der Waals surface area contributed by atoms with Crippen molar-refractivity contribution in [1.29, 1.82) is 0 Å². The van der Waals surface area contributed by atoms with E-state index >= 15 is 0 Å². The van der Waals surface area contributed by atoms with Crippen molar-refractivity contribution in [1.82, 2.24) is 5.06 Å². The second-order valence-electron chi connectivity index (χ2n) is 10.6. The summed E-state index contributed by atoms with van der Waals surface area (Å²) in [6, 6.07) is 36.4. The molecule has 1 amide bonds. The molecule has 0 unspecified atom stereocenters. The van der Waals surface area contributed by atoms with Gasteiger partial charge in [-0.15, -0.1) is 0 Å². The van der Waals surface area contributed by atoms with E-state index in [2.05, 4.69) is 84.9 Å². The molecule has 0 aromatic heterocycles. The number of hydrogen-bond donors (Lipinski definition) is 0. The van der Waals surface area contributed by atoms with Crippen LogP contribution in [0, 0.1) is 0 Å². The molecular weight excluding hydrogens is 510 g/mol. The van der Waals surface area contributed by atoms with E-state index in [1.807, 2.05) is 18.2 Å². The summed E-state index contributed by atoms with van der Waals surface area (Å²) in [5.41, 5.74) is 6.57. The number of rotatable bonds is 12. The fourth-order valence-corrected chi connectivity index (χ4v) is 5.70. The quantitative estimate of drug-likeness (QED) is 0.134. The SMILES string of the molecule is CON(C)C(=O)CCCCOc1ccc([C@@H]2c3ccc(OCc4ccccc4)cc3CC[C@@H]2c2ccccc2)cc1. The monoisotopic (exact) mass is 549 g/mol. The number of carbonyl (C=O) groups is 1. The lowest BCUT2D eigenvalue weighted by atomic mass is 9.69. The van der Waals surface area contributed by atoms with E-state index in [-0.39, 0.29) is 11.8 Å². The zero-order valence-electron chi connectivity index (χ0n) is 24.0. The van der Waals surface area contributed by atoms with Gasteiger partial charge >= 0.3 is 0 Å². The number of ether oxygens (including phenoxy) is 2. The molecule has 0 radical (unpaired) electrons. The van der Waals surface area contributed by atoms with Crippen LogP contribution in [0.15, 0.2) is 103 Å². The Kier molecular flexibility index (Phi) is 9.71. The molecule has 0 saturated heterocycles. The number of carbonyl (C=O) groups excluding carboxylic acids is 1. The molecule has 5 heteroatoms. The second-order valence-corrected chi connectivity index (χ2v) is 10.6. The number of aryl methyl sites for hydroxylation is 1. The van der Waals surface area contributed by atoms with Crippen LogP contribution in [-0.4, -0.2) is 31.7 Å². The molecule has 0 bridgehead atoms. The first-order valence-corrected chi connectivity index (χ1v) is 14.5. The number of fused-ring (bicyclic) bond motifs is 1. The second kappa shape index (κ2) is 14.0. The van der Waals surface area contributed by atoms with Crippen molar-refractivity contribution in [3.05, 3.63) is 131 Å². The van der Waals surface area contributed by atoms with E-state index in [0.29, 0.717) is 25.6 Å². The van der Waals surface area contributed by atoms with E-state index in [0.717, 1.165) is 37.2 Å². The molecule has 1 aliphatic carbocycles. The van der Waals surface area contributed by atoms with Crippen molar-refractivity contribution in [2.45, 2.75) is 50.5 Å². The van der Waals surface area contributed by atoms with Crippen LogP contribution in [0.5, 0.6) is 11.5 Å². The highest BCUT2D eigenvalue weighted by atomic mass is 16.7. The molecule has 5 rings (SSSR count). The third-order valence-electron chi connectivity index (χ3n) is 7.97. The summed E-state index contributed by atoms with van der Waals surface area (Å²) in [5.74, 6) is 2.40. The Labute approximate surface area is 243 Å². The van der Waals surface area contributed by atoms with Gasteiger partial charge in [-0.25, -0.2) is 5.06 Å². The molecule has 4 aromatic carbocycles. The molecular formula is C36H39NO4. The molecule has 0 N–H and O–H groups in total. The van der Waals surface area contributed by atoms with Gasteiger partial charge in [0.25, 0.3) is 0 Å². The van der Waals surface area contributed by atoms with Gasteiger partial charge in [0.2, 0.25) is 5.91 Å². The van der Waals surface area contributed by atoms with Gasteiger partial charge in [-0.3, -0.25) is 9.63 Å². The van der Waals surface area contributed by atoms with Crippen LogP contribution in [0.2, 0.25) is 0 Å². The van der Waals surface area contributed by atoms with Gasteiger partial charge in [-0.1, -0.05) is 78.9 Å². The van der Waals surface area contributed by atoms with Gasteiger partial charge in [0, 0.05) is 19.4 Å². The van der Waals surface area contributed by atoms with Crippen molar-refractivity contribution in [2.75, 3.05) is 20.8 Å². The molecule has 0 spiro atoms. The molecule has 0 saturated carbocycles. The first kappa shape index (κ1) is 28.4. The van der Waals surface area contributed by atoms with Crippen LogP contribution >= 0.6 is 0 Å². The third kappa shape index (κ3) is 7.36. The number of unbranched alkanes of at least 4 members (excludes halogenated alkanes) is 1. The summed E-state index contributed by atoms with van der Waals surface area (Å²) in [6.45, 7) is 1.14. The Morgan fingerprint density at radius 1 is 0.805 bits per heavy atom. The zero-order chi connectivity index (χ0) is 28.4. The average molecular weight is 550 g/mol. The van der Waals surface area contributed by atoms with Crippen LogP contribution in [0.25, 0.3) is 0 Å². The minimum absolute atomic E-state index is 0.0209. The maximum absolute atomic E-state index is 11.9. The lowest BCUT2D eigenvalue weighted by Crippen LogP contribution is -2.25. The molecule has 0 heterocycles. The highest BCUT2D eigenvalue weighted by molar-refractivity contribution is 5.74. The minimum Gasteiger partial charge on any atom is -0.494 e. The summed E-state index contributed by atoms with van der Waals surface area (Å²) in [5, 5.41) is 1.27. The summed E-state index contributed by atoms with van der Waals surface area (Å²) >= 11 is 0.